The average molecular weight is 349 g/mol. The van der Waals surface area contributed by atoms with Gasteiger partial charge < -0.3 is 14.8 Å². The molecular formula is C17H16FNO4S. The molecule has 5 nitrogen and oxygen atoms in total. The van der Waals surface area contributed by atoms with Crippen LogP contribution < -0.4 is 5.32 Å². The standard InChI is InChI=1S/C17H16FNO4S/c18-12-3-1-11(2-4-12)13-5-6-14(23-13)15(20)19-17(16(21)22)7-9-24-10-8-17/h1-6H,7-10H2,(H,19,20)(H,21,22). The molecule has 24 heavy (non-hydrogen) atoms. The maximum Gasteiger partial charge on any atom is 0.329 e. The van der Waals surface area contributed by atoms with Crippen LogP contribution in [0, 0.1) is 5.82 Å². The maximum atomic E-state index is 13.0. The summed E-state index contributed by atoms with van der Waals surface area (Å²) >= 11 is 1.67. The molecule has 0 radical (unpaired) electrons. The third-order valence-electron chi connectivity index (χ3n) is 4.07. The molecule has 1 aromatic carbocycles. The lowest BCUT2D eigenvalue weighted by atomic mass is 9.92. The van der Waals surface area contributed by atoms with Crippen molar-refractivity contribution in [3.8, 4) is 11.3 Å². The minimum absolute atomic E-state index is 0.0353. The highest BCUT2D eigenvalue weighted by Gasteiger charge is 2.41. The summed E-state index contributed by atoms with van der Waals surface area (Å²) in [5.41, 5.74) is -0.608. The molecular weight excluding hydrogens is 333 g/mol. The Kier molecular flexibility index (Phi) is 4.62. The van der Waals surface area contributed by atoms with Crippen LogP contribution in [0.4, 0.5) is 4.39 Å². The topological polar surface area (TPSA) is 79.5 Å². The molecule has 0 saturated carbocycles. The zero-order valence-corrected chi connectivity index (χ0v) is 13.6. The number of carboxylic acid groups (broad SMARTS) is 1. The summed E-state index contributed by atoms with van der Waals surface area (Å²) in [6.45, 7) is 0. The Labute approximate surface area is 142 Å². The van der Waals surface area contributed by atoms with Crippen molar-refractivity contribution >= 4 is 23.6 Å². The van der Waals surface area contributed by atoms with Crippen LogP contribution in [0.25, 0.3) is 11.3 Å². The Balaban J connectivity index is 1.78. The first-order chi connectivity index (χ1) is 11.5. The summed E-state index contributed by atoms with van der Waals surface area (Å²) in [4.78, 5) is 24.0. The van der Waals surface area contributed by atoms with Gasteiger partial charge in [0.1, 0.15) is 17.1 Å². The molecule has 2 aromatic rings. The van der Waals surface area contributed by atoms with Gasteiger partial charge in [-0.1, -0.05) is 0 Å². The van der Waals surface area contributed by atoms with Gasteiger partial charge in [-0.2, -0.15) is 11.8 Å². The van der Waals surface area contributed by atoms with Crippen molar-refractivity contribution in [1.29, 1.82) is 0 Å². The van der Waals surface area contributed by atoms with Gasteiger partial charge in [-0.25, -0.2) is 9.18 Å². The normalized spacial score (nSPS) is 16.5. The van der Waals surface area contributed by atoms with Crippen LogP contribution in [0.15, 0.2) is 40.8 Å². The molecule has 1 aromatic heterocycles. The van der Waals surface area contributed by atoms with E-state index >= 15 is 0 Å². The van der Waals surface area contributed by atoms with Gasteiger partial charge in [-0.15, -0.1) is 0 Å². The summed E-state index contributed by atoms with van der Waals surface area (Å²) in [7, 11) is 0. The van der Waals surface area contributed by atoms with Crippen molar-refractivity contribution < 1.29 is 23.5 Å². The van der Waals surface area contributed by atoms with E-state index in [2.05, 4.69) is 5.32 Å². The van der Waals surface area contributed by atoms with Crippen LogP contribution in [0.2, 0.25) is 0 Å². The molecule has 0 spiro atoms. The highest BCUT2D eigenvalue weighted by atomic mass is 32.2. The van der Waals surface area contributed by atoms with Gasteiger partial charge in [0.15, 0.2) is 5.76 Å². The van der Waals surface area contributed by atoms with Crippen LogP contribution in [0.5, 0.6) is 0 Å². The number of nitrogens with one attached hydrogen (secondary N) is 1. The molecule has 1 saturated heterocycles. The van der Waals surface area contributed by atoms with Gasteiger partial charge in [0.05, 0.1) is 0 Å². The molecule has 2 heterocycles. The Morgan fingerprint density at radius 3 is 2.42 bits per heavy atom. The molecule has 0 unspecified atom stereocenters. The number of rotatable bonds is 4. The van der Waals surface area contributed by atoms with E-state index in [0.29, 0.717) is 35.7 Å². The first-order valence-electron chi connectivity index (χ1n) is 7.50. The lowest BCUT2D eigenvalue weighted by Crippen LogP contribution is -2.56. The van der Waals surface area contributed by atoms with Gasteiger partial charge in [0.2, 0.25) is 0 Å². The van der Waals surface area contributed by atoms with Crippen molar-refractivity contribution in [2.75, 3.05) is 11.5 Å². The van der Waals surface area contributed by atoms with Crippen LogP contribution in [-0.4, -0.2) is 34.0 Å². The second-order valence-corrected chi connectivity index (χ2v) is 6.85. The zero-order valence-electron chi connectivity index (χ0n) is 12.8. The largest absolute Gasteiger partial charge is 0.480 e. The van der Waals surface area contributed by atoms with Crippen molar-refractivity contribution in [3.05, 3.63) is 48.0 Å². The van der Waals surface area contributed by atoms with Gasteiger partial charge >= 0.3 is 5.97 Å². The van der Waals surface area contributed by atoms with Crippen molar-refractivity contribution in [2.45, 2.75) is 18.4 Å². The lowest BCUT2D eigenvalue weighted by Gasteiger charge is -2.33. The number of benzene rings is 1. The minimum atomic E-state index is -1.24. The van der Waals surface area contributed by atoms with Gasteiger partial charge in [-0.05, 0) is 60.7 Å². The SMILES string of the molecule is O=C(NC1(C(=O)O)CCSCC1)c1ccc(-c2ccc(F)cc2)o1. The summed E-state index contributed by atoms with van der Waals surface area (Å²) in [6.07, 6.45) is 0.758. The quantitative estimate of drug-likeness (QED) is 0.886. The predicted molar refractivity (Wildman–Crippen MR) is 88.5 cm³/mol. The van der Waals surface area contributed by atoms with E-state index in [1.807, 2.05) is 0 Å². The Morgan fingerprint density at radius 1 is 1.12 bits per heavy atom. The van der Waals surface area contributed by atoms with E-state index in [0.717, 1.165) is 0 Å². The second kappa shape index (κ2) is 6.68. The van der Waals surface area contributed by atoms with Crippen molar-refractivity contribution in [3.63, 3.8) is 0 Å². The smallest absolute Gasteiger partial charge is 0.329 e. The van der Waals surface area contributed by atoms with Gasteiger partial charge in [0.25, 0.3) is 5.91 Å². The number of carboxylic acids is 1. The molecule has 1 aliphatic rings. The van der Waals surface area contributed by atoms with Crippen molar-refractivity contribution in [1.82, 2.24) is 5.32 Å². The summed E-state index contributed by atoms with van der Waals surface area (Å²) in [5, 5.41) is 12.1. The molecule has 0 aliphatic carbocycles. The highest BCUT2D eigenvalue weighted by Crippen LogP contribution is 2.28. The molecule has 1 amide bonds. The first kappa shape index (κ1) is 16.6. The maximum absolute atomic E-state index is 13.0. The van der Waals surface area contributed by atoms with E-state index in [1.54, 1.807) is 30.0 Å². The van der Waals surface area contributed by atoms with E-state index in [9.17, 15) is 19.1 Å². The molecule has 7 heteroatoms. The van der Waals surface area contributed by atoms with Crippen LogP contribution >= 0.6 is 11.8 Å². The molecule has 0 bridgehead atoms. The Hall–Kier alpha value is -2.28. The van der Waals surface area contributed by atoms with Gasteiger partial charge in [-0.3, -0.25) is 4.79 Å². The number of hydrogen-bond donors (Lipinski definition) is 2. The zero-order chi connectivity index (χ0) is 17.2. The first-order valence-corrected chi connectivity index (χ1v) is 8.65. The fourth-order valence-corrected chi connectivity index (χ4v) is 3.81. The molecule has 3 rings (SSSR count). The Bertz CT molecular complexity index is 750. The molecule has 2 N–H and O–H groups in total. The van der Waals surface area contributed by atoms with E-state index in [-0.39, 0.29) is 11.6 Å². The number of furan rings is 1. The second-order valence-electron chi connectivity index (χ2n) is 5.62. The summed E-state index contributed by atoms with van der Waals surface area (Å²) < 4.78 is 18.5. The van der Waals surface area contributed by atoms with E-state index in [1.165, 1.54) is 18.2 Å². The fourth-order valence-electron chi connectivity index (χ4n) is 2.62. The van der Waals surface area contributed by atoms with Gasteiger partial charge in [0, 0.05) is 5.56 Å². The molecule has 126 valence electrons. The number of carbonyl (C=O) groups excluding carboxylic acids is 1. The van der Waals surface area contributed by atoms with Crippen LogP contribution in [-0.2, 0) is 4.79 Å². The summed E-state index contributed by atoms with van der Waals surface area (Å²) in [6, 6.07) is 8.79. The number of halogens is 1. The molecule has 0 atom stereocenters. The van der Waals surface area contributed by atoms with E-state index < -0.39 is 17.4 Å². The van der Waals surface area contributed by atoms with Crippen LogP contribution in [0.1, 0.15) is 23.4 Å². The Morgan fingerprint density at radius 2 is 1.79 bits per heavy atom. The molecule has 1 fully saturated rings. The third kappa shape index (κ3) is 3.31. The lowest BCUT2D eigenvalue weighted by molar-refractivity contribution is -0.144. The average Bonchev–Trinajstić information content (AvgIpc) is 3.06. The fraction of sp³-hybridized carbons (Fsp3) is 0.294. The molecule has 1 aliphatic heterocycles. The number of aliphatic carboxylic acids is 1. The number of hydrogen-bond acceptors (Lipinski definition) is 4. The van der Waals surface area contributed by atoms with E-state index in [4.69, 9.17) is 4.42 Å². The number of amides is 1. The highest BCUT2D eigenvalue weighted by molar-refractivity contribution is 7.99. The third-order valence-corrected chi connectivity index (χ3v) is 5.05. The number of thioether (sulfide) groups is 1. The van der Waals surface area contributed by atoms with Crippen molar-refractivity contribution in [2.24, 2.45) is 0 Å². The summed E-state index contributed by atoms with van der Waals surface area (Å²) in [5.74, 6) is -0.116. The number of carbonyl (C=O) groups is 2. The van der Waals surface area contributed by atoms with Crippen LogP contribution in [0.3, 0.4) is 0 Å². The monoisotopic (exact) mass is 349 g/mol. The predicted octanol–water partition coefficient (Wildman–Crippen LogP) is 3.17. The minimum Gasteiger partial charge on any atom is -0.480 e.